The first-order chi connectivity index (χ1) is 14.9. The number of aromatic nitrogens is 2. The SMILES string of the molecule is NC(=O)[C@@H](c1ccc(Cl)cc1)N1CCN(C(=O)c2ccn(-c3cccc(F)c3)n2)CC1. The molecule has 2 aromatic carbocycles. The minimum Gasteiger partial charge on any atom is -0.368 e. The van der Waals surface area contributed by atoms with Crippen molar-refractivity contribution in [1.82, 2.24) is 19.6 Å². The van der Waals surface area contributed by atoms with Gasteiger partial charge in [-0.05, 0) is 42.0 Å². The lowest BCUT2D eigenvalue weighted by Crippen LogP contribution is -2.52. The molecule has 2 heterocycles. The summed E-state index contributed by atoms with van der Waals surface area (Å²) in [7, 11) is 0. The number of hydrogen-bond acceptors (Lipinski definition) is 4. The molecule has 2 N–H and O–H groups in total. The molecule has 7 nitrogen and oxygen atoms in total. The van der Waals surface area contributed by atoms with Crippen molar-refractivity contribution < 1.29 is 14.0 Å². The molecular formula is C22H21ClFN5O2. The van der Waals surface area contributed by atoms with E-state index in [0.717, 1.165) is 5.56 Å². The zero-order chi connectivity index (χ0) is 22.0. The second kappa shape index (κ2) is 8.87. The first-order valence-corrected chi connectivity index (χ1v) is 10.2. The minimum atomic E-state index is -0.582. The topological polar surface area (TPSA) is 84.5 Å². The molecule has 1 saturated heterocycles. The zero-order valence-electron chi connectivity index (χ0n) is 16.6. The van der Waals surface area contributed by atoms with Crippen LogP contribution in [0.5, 0.6) is 0 Å². The lowest BCUT2D eigenvalue weighted by atomic mass is 10.0. The van der Waals surface area contributed by atoms with Crippen LogP contribution >= 0.6 is 11.6 Å². The van der Waals surface area contributed by atoms with Crippen molar-refractivity contribution in [1.29, 1.82) is 0 Å². The van der Waals surface area contributed by atoms with Gasteiger partial charge in [0.1, 0.15) is 11.9 Å². The summed E-state index contributed by atoms with van der Waals surface area (Å²) >= 11 is 5.94. The molecule has 31 heavy (non-hydrogen) atoms. The van der Waals surface area contributed by atoms with Crippen molar-refractivity contribution in [3.05, 3.63) is 82.9 Å². The molecule has 2 amide bonds. The quantitative estimate of drug-likeness (QED) is 0.659. The molecule has 4 rings (SSSR count). The third-order valence-corrected chi connectivity index (χ3v) is 5.55. The molecule has 0 spiro atoms. The number of hydrogen-bond donors (Lipinski definition) is 1. The molecule has 160 valence electrons. The Morgan fingerprint density at radius 2 is 1.74 bits per heavy atom. The summed E-state index contributed by atoms with van der Waals surface area (Å²) in [6.07, 6.45) is 1.63. The highest BCUT2D eigenvalue weighted by atomic mass is 35.5. The van der Waals surface area contributed by atoms with Gasteiger partial charge in [-0.15, -0.1) is 0 Å². The van der Waals surface area contributed by atoms with Crippen molar-refractivity contribution in [3.63, 3.8) is 0 Å². The van der Waals surface area contributed by atoms with E-state index in [1.54, 1.807) is 53.6 Å². The summed E-state index contributed by atoms with van der Waals surface area (Å²) in [5.74, 6) is -1.03. The average Bonchev–Trinajstić information content (AvgIpc) is 3.25. The maximum Gasteiger partial charge on any atom is 0.274 e. The Morgan fingerprint density at radius 3 is 2.39 bits per heavy atom. The van der Waals surface area contributed by atoms with Gasteiger partial charge in [-0.1, -0.05) is 29.8 Å². The summed E-state index contributed by atoms with van der Waals surface area (Å²) in [6, 6.07) is 14.0. The van der Waals surface area contributed by atoms with Gasteiger partial charge in [0.25, 0.3) is 5.91 Å². The molecule has 1 aliphatic rings. The largest absolute Gasteiger partial charge is 0.368 e. The molecule has 3 aromatic rings. The maximum atomic E-state index is 13.4. The van der Waals surface area contributed by atoms with E-state index in [1.165, 1.54) is 16.8 Å². The van der Waals surface area contributed by atoms with E-state index in [9.17, 15) is 14.0 Å². The molecule has 0 radical (unpaired) electrons. The van der Waals surface area contributed by atoms with E-state index in [4.69, 9.17) is 17.3 Å². The third kappa shape index (κ3) is 4.60. The highest BCUT2D eigenvalue weighted by Crippen LogP contribution is 2.24. The van der Waals surface area contributed by atoms with Gasteiger partial charge in [-0.2, -0.15) is 5.10 Å². The molecule has 1 fully saturated rings. The van der Waals surface area contributed by atoms with Gasteiger partial charge in [0.05, 0.1) is 5.69 Å². The molecular weight excluding hydrogens is 421 g/mol. The highest BCUT2D eigenvalue weighted by molar-refractivity contribution is 6.30. The minimum absolute atomic E-state index is 0.211. The number of primary amides is 1. The van der Waals surface area contributed by atoms with E-state index >= 15 is 0 Å². The second-order valence-electron chi connectivity index (χ2n) is 7.31. The van der Waals surface area contributed by atoms with Crippen molar-refractivity contribution in [2.24, 2.45) is 5.73 Å². The van der Waals surface area contributed by atoms with Crippen molar-refractivity contribution in [3.8, 4) is 5.69 Å². The van der Waals surface area contributed by atoms with Crippen LogP contribution in [-0.2, 0) is 4.79 Å². The van der Waals surface area contributed by atoms with Crippen LogP contribution in [-0.4, -0.2) is 57.6 Å². The van der Waals surface area contributed by atoms with Gasteiger partial charge in [-0.25, -0.2) is 9.07 Å². The summed E-state index contributed by atoms with van der Waals surface area (Å²) in [4.78, 5) is 28.6. The summed E-state index contributed by atoms with van der Waals surface area (Å²) in [5, 5.41) is 4.88. The lowest BCUT2D eigenvalue weighted by Gasteiger charge is -2.38. The average molecular weight is 442 g/mol. The van der Waals surface area contributed by atoms with Gasteiger partial charge in [0, 0.05) is 37.4 Å². The Morgan fingerprint density at radius 1 is 1.03 bits per heavy atom. The Hall–Kier alpha value is -3.23. The molecule has 1 atom stereocenters. The van der Waals surface area contributed by atoms with E-state index < -0.39 is 11.9 Å². The Labute approximate surface area is 183 Å². The second-order valence-corrected chi connectivity index (χ2v) is 7.75. The van der Waals surface area contributed by atoms with E-state index in [-0.39, 0.29) is 17.4 Å². The number of halogens is 2. The predicted octanol–water partition coefficient (Wildman–Crippen LogP) is 2.65. The van der Waals surface area contributed by atoms with Crippen LogP contribution in [0, 0.1) is 5.82 Å². The number of nitrogens with zero attached hydrogens (tertiary/aromatic N) is 4. The molecule has 0 aliphatic carbocycles. The standard InChI is InChI=1S/C22H21ClFN5O2/c23-16-6-4-15(5-7-16)20(21(25)30)27-10-12-28(13-11-27)22(31)19-8-9-29(26-19)18-3-1-2-17(24)14-18/h1-9,14,20H,10-13H2,(H2,25,30)/t20-/m1/s1. The van der Waals surface area contributed by atoms with E-state index in [2.05, 4.69) is 5.10 Å². The van der Waals surface area contributed by atoms with Crippen LogP contribution in [0.3, 0.4) is 0 Å². The molecule has 0 bridgehead atoms. The van der Waals surface area contributed by atoms with Crippen LogP contribution in [0.4, 0.5) is 4.39 Å². The van der Waals surface area contributed by atoms with Crippen molar-refractivity contribution in [2.45, 2.75) is 6.04 Å². The van der Waals surface area contributed by atoms with Crippen LogP contribution in [0.15, 0.2) is 60.8 Å². The van der Waals surface area contributed by atoms with Crippen molar-refractivity contribution in [2.75, 3.05) is 26.2 Å². The highest BCUT2D eigenvalue weighted by Gasteiger charge is 2.31. The lowest BCUT2D eigenvalue weighted by molar-refractivity contribution is -0.124. The molecule has 0 saturated carbocycles. The van der Waals surface area contributed by atoms with Gasteiger partial charge in [0.15, 0.2) is 5.69 Å². The summed E-state index contributed by atoms with van der Waals surface area (Å²) in [5.41, 5.74) is 7.24. The Kier molecular flexibility index (Phi) is 6.01. The summed E-state index contributed by atoms with van der Waals surface area (Å²) < 4.78 is 14.9. The van der Waals surface area contributed by atoms with Crippen LogP contribution in [0.2, 0.25) is 5.02 Å². The van der Waals surface area contributed by atoms with Crippen LogP contribution in [0.25, 0.3) is 5.69 Å². The Balaban J connectivity index is 1.43. The molecule has 1 aliphatic heterocycles. The zero-order valence-corrected chi connectivity index (χ0v) is 17.4. The number of carbonyl (C=O) groups excluding carboxylic acids is 2. The predicted molar refractivity (Wildman–Crippen MR) is 114 cm³/mol. The van der Waals surface area contributed by atoms with E-state index in [1.807, 2.05) is 4.90 Å². The third-order valence-electron chi connectivity index (χ3n) is 5.30. The number of piperazine rings is 1. The Bertz CT molecular complexity index is 1090. The van der Waals surface area contributed by atoms with Gasteiger partial charge >= 0.3 is 0 Å². The number of benzene rings is 2. The fraction of sp³-hybridized carbons (Fsp3) is 0.227. The van der Waals surface area contributed by atoms with Gasteiger partial charge < -0.3 is 10.6 Å². The molecule has 0 unspecified atom stereocenters. The fourth-order valence-corrected chi connectivity index (χ4v) is 3.87. The number of nitrogens with two attached hydrogens (primary N) is 1. The number of rotatable bonds is 5. The summed E-state index contributed by atoms with van der Waals surface area (Å²) in [6.45, 7) is 1.85. The number of amides is 2. The normalized spacial score (nSPS) is 15.6. The molecule has 1 aromatic heterocycles. The smallest absolute Gasteiger partial charge is 0.274 e. The van der Waals surface area contributed by atoms with Crippen molar-refractivity contribution >= 4 is 23.4 Å². The van der Waals surface area contributed by atoms with Gasteiger partial charge in [0.2, 0.25) is 5.91 Å². The number of carbonyl (C=O) groups is 2. The van der Waals surface area contributed by atoms with Crippen LogP contribution < -0.4 is 5.73 Å². The molecule has 9 heteroatoms. The van der Waals surface area contributed by atoms with Gasteiger partial charge in [-0.3, -0.25) is 14.5 Å². The maximum absolute atomic E-state index is 13.4. The van der Waals surface area contributed by atoms with Crippen LogP contribution in [0.1, 0.15) is 22.1 Å². The van der Waals surface area contributed by atoms with E-state index in [0.29, 0.717) is 36.9 Å². The first kappa shape index (κ1) is 21.0. The fourth-order valence-electron chi connectivity index (χ4n) is 3.75. The first-order valence-electron chi connectivity index (χ1n) is 9.82. The monoisotopic (exact) mass is 441 g/mol.